The zero-order valence-electron chi connectivity index (χ0n) is 19.4. The van der Waals surface area contributed by atoms with Crippen molar-refractivity contribution in [2.24, 2.45) is 5.10 Å². The number of nitrogens with one attached hydrogen (secondary N) is 2. The van der Waals surface area contributed by atoms with E-state index in [2.05, 4.69) is 34.0 Å². The number of carbonyl (C=O) groups is 2. The Bertz CT molecular complexity index is 1380. The van der Waals surface area contributed by atoms with E-state index in [1.54, 1.807) is 37.4 Å². The number of rotatable bonds is 8. The lowest BCUT2D eigenvalue weighted by atomic mass is 10.1. The predicted octanol–water partition coefficient (Wildman–Crippen LogP) is 5.15. The summed E-state index contributed by atoms with van der Waals surface area (Å²) >= 11 is 0. The topological polar surface area (TPSA) is 89.0 Å². The van der Waals surface area contributed by atoms with E-state index >= 15 is 0 Å². The number of amides is 2. The van der Waals surface area contributed by atoms with Crippen LogP contribution in [0.1, 0.15) is 28.4 Å². The number of carbonyl (C=O) groups excluding carboxylic acids is 2. The predicted molar refractivity (Wildman–Crippen MR) is 137 cm³/mol. The number of hydrazone groups is 1. The van der Waals surface area contributed by atoms with Gasteiger partial charge in [-0.3, -0.25) is 9.59 Å². The number of hydrogen-bond donors (Lipinski definition) is 2. The minimum Gasteiger partial charge on any atom is -0.493 e. The molecule has 0 saturated carbocycles. The van der Waals surface area contributed by atoms with Crippen molar-refractivity contribution in [2.45, 2.75) is 13.5 Å². The van der Waals surface area contributed by atoms with Crippen LogP contribution >= 0.6 is 0 Å². The average molecular weight is 468 g/mol. The maximum atomic E-state index is 12.3. The lowest BCUT2D eigenvalue weighted by molar-refractivity contribution is -0.114. The molecule has 2 N–H and O–H groups in total. The molecule has 7 heteroatoms. The molecule has 0 radical (unpaired) electrons. The lowest BCUT2D eigenvalue weighted by Crippen LogP contribution is -2.17. The van der Waals surface area contributed by atoms with E-state index in [1.165, 1.54) is 13.1 Å². The van der Waals surface area contributed by atoms with Crippen molar-refractivity contribution >= 4 is 34.5 Å². The van der Waals surface area contributed by atoms with Crippen LogP contribution in [0.4, 0.5) is 5.69 Å². The highest BCUT2D eigenvalue weighted by Crippen LogP contribution is 2.29. The van der Waals surface area contributed by atoms with Crippen LogP contribution in [0, 0.1) is 0 Å². The number of ether oxygens (including phenoxy) is 2. The third kappa shape index (κ3) is 6.03. The van der Waals surface area contributed by atoms with Gasteiger partial charge in [-0.1, -0.05) is 42.5 Å². The molecule has 0 aliphatic rings. The van der Waals surface area contributed by atoms with Crippen LogP contribution in [-0.2, 0) is 11.4 Å². The van der Waals surface area contributed by atoms with Crippen molar-refractivity contribution in [1.82, 2.24) is 5.43 Å². The van der Waals surface area contributed by atoms with Gasteiger partial charge in [-0.2, -0.15) is 5.10 Å². The highest BCUT2D eigenvalue weighted by atomic mass is 16.5. The van der Waals surface area contributed by atoms with Gasteiger partial charge in [-0.15, -0.1) is 0 Å². The third-order valence-corrected chi connectivity index (χ3v) is 5.30. The minimum atomic E-state index is -0.363. The van der Waals surface area contributed by atoms with E-state index in [1.807, 2.05) is 36.4 Å². The molecule has 4 rings (SSSR count). The summed E-state index contributed by atoms with van der Waals surface area (Å²) < 4.78 is 11.5. The van der Waals surface area contributed by atoms with Gasteiger partial charge in [0.1, 0.15) is 6.61 Å². The number of anilines is 1. The molecule has 0 unspecified atom stereocenters. The molecule has 0 heterocycles. The number of nitrogens with zero attached hydrogens (tertiary/aromatic N) is 1. The largest absolute Gasteiger partial charge is 0.493 e. The van der Waals surface area contributed by atoms with Crippen molar-refractivity contribution < 1.29 is 19.1 Å². The molecule has 0 bridgehead atoms. The van der Waals surface area contributed by atoms with Gasteiger partial charge in [-0.05, 0) is 64.4 Å². The Balaban J connectivity index is 1.38. The molecule has 2 amide bonds. The molecule has 0 aliphatic carbocycles. The summed E-state index contributed by atoms with van der Waals surface area (Å²) in [6.45, 7) is 1.83. The monoisotopic (exact) mass is 467 g/mol. The summed E-state index contributed by atoms with van der Waals surface area (Å²) in [5, 5.41) is 9.00. The van der Waals surface area contributed by atoms with Gasteiger partial charge < -0.3 is 14.8 Å². The van der Waals surface area contributed by atoms with Crippen LogP contribution in [0.15, 0.2) is 90.0 Å². The van der Waals surface area contributed by atoms with Crippen molar-refractivity contribution in [2.75, 3.05) is 12.4 Å². The van der Waals surface area contributed by atoms with Gasteiger partial charge >= 0.3 is 0 Å². The first-order chi connectivity index (χ1) is 17.0. The first-order valence-electron chi connectivity index (χ1n) is 11.0. The first-order valence-corrected chi connectivity index (χ1v) is 11.0. The number of benzene rings is 4. The third-order valence-electron chi connectivity index (χ3n) is 5.30. The van der Waals surface area contributed by atoms with Crippen LogP contribution in [-0.4, -0.2) is 25.1 Å². The van der Waals surface area contributed by atoms with Gasteiger partial charge in [0.2, 0.25) is 5.91 Å². The average Bonchev–Trinajstić information content (AvgIpc) is 2.87. The number of fused-ring (bicyclic) bond motifs is 1. The standard InChI is InChI=1S/C28H25N3O4/c1-19(32)30-24-13-11-22(12-14-24)28(33)31-29-17-20-10-15-26(27(16-20)34-2)35-18-23-8-5-7-21-6-3-4-9-25(21)23/h3-17H,18H2,1-2H3,(H,30,32)(H,31,33). The van der Waals surface area contributed by atoms with Crippen molar-refractivity contribution in [3.8, 4) is 11.5 Å². The van der Waals surface area contributed by atoms with E-state index in [4.69, 9.17) is 9.47 Å². The smallest absolute Gasteiger partial charge is 0.271 e. The molecule has 7 nitrogen and oxygen atoms in total. The quantitative estimate of drug-likeness (QED) is 0.277. The summed E-state index contributed by atoms with van der Waals surface area (Å²) in [5.41, 5.74) is 5.36. The zero-order chi connectivity index (χ0) is 24.6. The van der Waals surface area contributed by atoms with E-state index in [9.17, 15) is 9.59 Å². The molecule has 176 valence electrons. The fourth-order valence-corrected chi connectivity index (χ4v) is 3.60. The summed E-state index contributed by atoms with van der Waals surface area (Å²) in [5.74, 6) is 0.639. The lowest BCUT2D eigenvalue weighted by Gasteiger charge is -2.12. The maximum absolute atomic E-state index is 12.3. The van der Waals surface area contributed by atoms with Crippen LogP contribution in [0.5, 0.6) is 11.5 Å². The Labute approximate surface area is 203 Å². The Morgan fingerprint density at radius 2 is 1.69 bits per heavy atom. The second-order valence-electron chi connectivity index (χ2n) is 7.79. The van der Waals surface area contributed by atoms with Gasteiger partial charge in [0.05, 0.1) is 13.3 Å². The van der Waals surface area contributed by atoms with Crippen molar-refractivity contribution in [1.29, 1.82) is 0 Å². The molecular weight excluding hydrogens is 442 g/mol. The fourth-order valence-electron chi connectivity index (χ4n) is 3.60. The normalized spacial score (nSPS) is 10.8. The van der Waals surface area contributed by atoms with Crippen LogP contribution in [0.2, 0.25) is 0 Å². The maximum Gasteiger partial charge on any atom is 0.271 e. The summed E-state index contributed by atoms with van der Waals surface area (Å²) in [7, 11) is 1.58. The van der Waals surface area contributed by atoms with E-state index in [-0.39, 0.29) is 11.8 Å². The van der Waals surface area contributed by atoms with Gasteiger partial charge in [0, 0.05) is 18.2 Å². The molecule has 0 atom stereocenters. The van der Waals surface area contributed by atoms with E-state index in [0.29, 0.717) is 29.4 Å². The molecular formula is C28H25N3O4. The molecule has 0 saturated heterocycles. The van der Waals surface area contributed by atoms with Gasteiger partial charge in [0.15, 0.2) is 11.5 Å². The minimum absolute atomic E-state index is 0.174. The molecule has 0 fully saturated rings. The molecule has 35 heavy (non-hydrogen) atoms. The molecule has 4 aromatic carbocycles. The second-order valence-corrected chi connectivity index (χ2v) is 7.79. The molecule has 4 aromatic rings. The Morgan fingerprint density at radius 3 is 2.46 bits per heavy atom. The van der Waals surface area contributed by atoms with Crippen LogP contribution in [0.25, 0.3) is 10.8 Å². The van der Waals surface area contributed by atoms with Crippen LogP contribution < -0.4 is 20.2 Å². The SMILES string of the molecule is COc1cc(C=NNC(=O)c2ccc(NC(C)=O)cc2)ccc1OCc1cccc2ccccc12. The molecule has 0 aliphatic heterocycles. The Hall–Kier alpha value is -4.65. The number of methoxy groups -OCH3 is 1. The first kappa shape index (κ1) is 23.5. The van der Waals surface area contributed by atoms with Crippen molar-refractivity contribution in [3.05, 3.63) is 102 Å². The second kappa shape index (κ2) is 11.0. The van der Waals surface area contributed by atoms with E-state index < -0.39 is 0 Å². The highest BCUT2D eigenvalue weighted by Gasteiger charge is 2.08. The Morgan fingerprint density at radius 1 is 0.914 bits per heavy atom. The molecule has 0 spiro atoms. The Kier molecular flexibility index (Phi) is 7.37. The highest BCUT2D eigenvalue weighted by molar-refractivity contribution is 5.96. The van der Waals surface area contributed by atoms with E-state index in [0.717, 1.165) is 21.9 Å². The van der Waals surface area contributed by atoms with Gasteiger partial charge in [0.25, 0.3) is 5.91 Å². The zero-order valence-corrected chi connectivity index (χ0v) is 19.4. The van der Waals surface area contributed by atoms with Gasteiger partial charge in [-0.25, -0.2) is 5.43 Å². The fraction of sp³-hybridized carbons (Fsp3) is 0.107. The summed E-state index contributed by atoms with van der Waals surface area (Å²) in [4.78, 5) is 23.4. The summed E-state index contributed by atoms with van der Waals surface area (Å²) in [6.07, 6.45) is 1.53. The van der Waals surface area contributed by atoms with Crippen molar-refractivity contribution in [3.63, 3.8) is 0 Å². The number of hydrogen-bond acceptors (Lipinski definition) is 5. The summed E-state index contributed by atoms with van der Waals surface area (Å²) in [6, 6.07) is 26.3. The molecule has 0 aromatic heterocycles. The van der Waals surface area contributed by atoms with Crippen LogP contribution in [0.3, 0.4) is 0 Å².